The van der Waals surface area contributed by atoms with Gasteiger partial charge in [-0.2, -0.15) is 5.26 Å². The standard InChI is InChI=1S/C16H11BrClNO/c1-20-15-9-12(17)7-8-13(15)16(18)14(10-19)11-5-3-2-4-6-11/h2-9H,1H3/b16-14+. The molecule has 2 aromatic carbocycles. The highest BCUT2D eigenvalue weighted by Crippen LogP contribution is 2.36. The van der Waals surface area contributed by atoms with Gasteiger partial charge in [0.2, 0.25) is 0 Å². The number of hydrogen-bond donors (Lipinski definition) is 0. The minimum Gasteiger partial charge on any atom is -0.496 e. The Morgan fingerprint density at radius 3 is 2.50 bits per heavy atom. The van der Waals surface area contributed by atoms with Crippen molar-refractivity contribution < 1.29 is 4.74 Å². The molecule has 0 radical (unpaired) electrons. The van der Waals surface area contributed by atoms with Crippen molar-refractivity contribution in [2.75, 3.05) is 7.11 Å². The summed E-state index contributed by atoms with van der Waals surface area (Å²) in [5, 5.41) is 9.76. The molecule has 0 N–H and O–H groups in total. The van der Waals surface area contributed by atoms with E-state index < -0.39 is 0 Å². The molecule has 0 aliphatic rings. The van der Waals surface area contributed by atoms with Gasteiger partial charge in [-0.1, -0.05) is 57.9 Å². The second-order valence-corrected chi connectivity index (χ2v) is 5.31. The molecule has 0 bridgehead atoms. The van der Waals surface area contributed by atoms with Gasteiger partial charge in [-0.25, -0.2) is 0 Å². The fraction of sp³-hybridized carbons (Fsp3) is 0.0625. The molecule has 0 heterocycles. The Morgan fingerprint density at radius 2 is 1.90 bits per heavy atom. The molecule has 0 unspecified atom stereocenters. The second kappa shape index (κ2) is 6.60. The summed E-state index contributed by atoms with van der Waals surface area (Å²) in [5.41, 5.74) is 1.90. The molecule has 2 rings (SSSR count). The topological polar surface area (TPSA) is 33.0 Å². The first kappa shape index (κ1) is 14.6. The Labute approximate surface area is 131 Å². The van der Waals surface area contributed by atoms with Gasteiger partial charge in [0.1, 0.15) is 11.8 Å². The molecular weight excluding hydrogens is 338 g/mol. The van der Waals surface area contributed by atoms with Crippen LogP contribution in [0.25, 0.3) is 10.6 Å². The fourth-order valence-electron chi connectivity index (χ4n) is 1.83. The van der Waals surface area contributed by atoms with Crippen LogP contribution in [0, 0.1) is 11.3 Å². The van der Waals surface area contributed by atoms with Crippen molar-refractivity contribution in [3.63, 3.8) is 0 Å². The summed E-state index contributed by atoms with van der Waals surface area (Å²) >= 11 is 9.79. The van der Waals surface area contributed by atoms with Crippen LogP contribution in [0.5, 0.6) is 5.75 Å². The fourth-order valence-corrected chi connectivity index (χ4v) is 2.47. The summed E-state index contributed by atoms with van der Waals surface area (Å²) in [7, 11) is 1.57. The van der Waals surface area contributed by atoms with Gasteiger partial charge in [0.05, 0.1) is 17.7 Å². The number of nitriles is 1. The van der Waals surface area contributed by atoms with E-state index in [0.29, 0.717) is 21.9 Å². The van der Waals surface area contributed by atoms with Crippen LogP contribution in [0.4, 0.5) is 0 Å². The molecule has 0 aliphatic heterocycles. The summed E-state index contributed by atoms with van der Waals surface area (Å²) < 4.78 is 6.21. The maximum Gasteiger partial charge on any atom is 0.128 e. The van der Waals surface area contributed by atoms with Crippen molar-refractivity contribution in [1.82, 2.24) is 0 Å². The van der Waals surface area contributed by atoms with E-state index in [1.165, 1.54) is 0 Å². The smallest absolute Gasteiger partial charge is 0.128 e. The van der Waals surface area contributed by atoms with E-state index in [1.54, 1.807) is 7.11 Å². The molecule has 0 saturated carbocycles. The van der Waals surface area contributed by atoms with Gasteiger partial charge in [0.25, 0.3) is 0 Å². The molecule has 0 atom stereocenters. The Balaban J connectivity index is 2.61. The predicted molar refractivity (Wildman–Crippen MR) is 85.4 cm³/mol. The average Bonchev–Trinajstić information content (AvgIpc) is 2.48. The van der Waals surface area contributed by atoms with E-state index in [9.17, 15) is 5.26 Å². The van der Waals surface area contributed by atoms with E-state index >= 15 is 0 Å². The maximum atomic E-state index is 9.39. The van der Waals surface area contributed by atoms with Crippen LogP contribution >= 0.6 is 27.5 Å². The monoisotopic (exact) mass is 347 g/mol. The summed E-state index contributed by atoms with van der Waals surface area (Å²) in [6.07, 6.45) is 0. The summed E-state index contributed by atoms with van der Waals surface area (Å²) in [6.45, 7) is 0. The summed E-state index contributed by atoms with van der Waals surface area (Å²) in [4.78, 5) is 0. The lowest BCUT2D eigenvalue weighted by atomic mass is 10.0. The highest BCUT2D eigenvalue weighted by atomic mass is 79.9. The van der Waals surface area contributed by atoms with Gasteiger partial charge in [0.15, 0.2) is 0 Å². The van der Waals surface area contributed by atoms with Crippen LogP contribution in [0.3, 0.4) is 0 Å². The van der Waals surface area contributed by atoms with Gasteiger partial charge >= 0.3 is 0 Å². The Hall–Kier alpha value is -1.76. The summed E-state index contributed by atoms with van der Waals surface area (Å²) in [6, 6.07) is 17.0. The first-order valence-electron chi connectivity index (χ1n) is 5.86. The normalized spacial score (nSPS) is 11.5. The Kier molecular flexibility index (Phi) is 4.84. The number of hydrogen-bond acceptors (Lipinski definition) is 2. The summed E-state index contributed by atoms with van der Waals surface area (Å²) in [5.74, 6) is 0.619. The van der Waals surface area contributed by atoms with Crippen LogP contribution in [0.15, 0.2) is 53.0 Å². The zero-order valence-corrected chi connectivity index (χ0v) is 13.1. The van der Waals surface area contributed by atoms with E-state index in [4.69, 9.17) is 16.3 Å². The van der Waals surface area contributed by atoms with Crippen molar-refractivity contribution in [3.05, 3.63) is 64.1 Å². The molecule has 0 spiro atoms. The number of benzene rings is 2. The molecule has 0 amide bonds. The Bertz CT molecular complexity index is 689. The quantitative estimate of drug-likeness (QED) is 0.572. The largest absolute Gasteiger partial charge is 0.496 e. The van der Waals surface area contributed by atoms with Crippen molar-refractivity contribution >= 4 is 38.1 Å². The number of halogens is 2. The minimum absolute atomic E-state index is 0.378. The first-order valence-corrected chi connectivity index (χ1v) is 7.03. The average molecular weight is 349 g/mol. The molecule has 0 aliphatic carbocycles. The molecule has 0 fully saturated rings. The van der Waals surface area contributed by atoms with Crippen molar-refractivity contribution in [3.8, 4) is 11.8 Å². The maximum absolute atomic E-state index is 9.39. The first-order chi connectivity index (χ1) is 9.67. The van der Waals surface area contributed by atoms with Gasteiger partial charge in [0, 0.05) is 10.0 Å². The number of ether oxygens (including phenoxy) is 1. The van der Waals surface area contributed by atoms with Crippen molar-refractivity contribution in [2.24, 2.45) is 0 Å². The minimum atomic E-state index is 0.378. The zero-order chi connectivity index (χ0) is 14.5. The number of rotatable bonds is 3. The highest BCUT2D eigenvalue weighted by molar-refractivity contribution is 9.10. The van der Waals surface area contributed by atoms with Gasteiger partial charge < -0.3 is 4.74 Å². The van der Waals surface area contributed by atoms with Crippen LogP contribution in [-0.2, 0) is 0 Å². The van der Waals surface area contributed by atoms with Crippen molar-refractivity contribution in [1.29, 1.82) is 5.26 Å². The highest BCUT2D eigenvalue weighted by Gasteiger charge is 2.13. The van der Waals surface area contributed by atoms with E-state index in [2.05, 4.69) is 22.0 Å². The molecule has 4 heteroatoms. The molecule has 2 aromatic rings. The van der Waals surface area contributed by atoms with E-state index in [-0.39, 0.29) is 0 Å². The van der Waals surface area contributed by atoms with E-state index in [0.717, 1.165) is 10.0 Å². The molecular formula is C16H11BrClNO. The van der Waals surface area contributed by atoms with Gasteiger partial charge in [-0.15, -0.1) is 0 Å². The van der Waals surface area contributed by atoms with Crippen LogP contribution in [-0.4, -0.2) is 7.11 Å². The van der Waals surface area contributed by atoms with Crippen LogP contribution < -0.4 is 4.74 Å². The van der Waals surface area contributed by atoms with Gasteiger partial charge in [-0.05, 0) is 23.8 Å². The molecule has 2 nitrogen and oxygen atoms in total. The third-order valence-corrected chi connectivity index (χ3v) is 3.68. The molecule has 0 aromatic heterocycles. The lowest BCUT2D eigenvalue weighted by Crippen LogP contribution is -1.91. The SMILES string of the molecule is COc1cc(Br)ccc1/C(Cl)=C(/C#N)c1ccccc1. The lowest BCUT2D eigenvalue weighted by molar-refractivity contribution is 0.413. The van der Waals surface area contributed by atoms with E-state index in [1.807, 2.05) is 48.5 Å². The lowest BCUT2D eigenvalue weighted by Gasteiger charge is -2.10. The van der Waals surface area contributed by atoms with Crippen molar-refractivity contribution in [2.45, 2.75) is 0 Å². The number of allylic oxidation sites excluding steroid dienone is 1. The van der Waals surface area contributed by atoms with Gasteiger partial charge in [-0.3, -0.25) is 0 Å². The molecule has 20 heavy (non-hydrogen) atoms. The zero-order valence-electron chi connectivity index (χ0n) is 10.7. The Morgan fingerprint density at radius 1 is 1.20 bits per heavy atom. The number of methoxy groups -OCH3 is 1. The van der Waals surface area contributed by atoms with Crippen LogP contribution in [0.2, 0.25) is 0 Å². The number of nitrogens with zero attached hydrogens (tertiary/aromatic N) is 1. The molecule has 100 valence electrons. The van der Waals surface area contributed by atoms with Crippen LogP contribution in [0.1, 0.15) is 11.1 Å². The predicted octanol–water partition coefficient (Wildman–Crippen LogP) is 5.09. The third kappa shape index (κ3) is 3.04. The third-order valence-electron chi connectivity index (χ3n) is 2.79. The second-order valence-electron chi connectivity index (χ2n) is 4.01. The molecule has 0 saturated heterocycles.